The fourth-order valence-electron chi connectivity index (χ4n) is 1.67. The maximum absolute atomic E-state index is 12.3. The Bertz CT molecular complexity index is 603. The van der Waals surface area contributed by atoms with Crippen LogP contribution >= 0.6 is 0 Å². The van der Waals surface area contributed by atoms with Crippen molar-refractivity contribution in [2.75, 3.05) is 0 Å². The Morgan fingerprint density at radius 3 is 2.48 bits per heavy atom. The molecule has 7 heteroatoms. The number of hydrogen-bond acceptors (Lipinski definition) is 4. The van der Waals surface area contributed by atoms with Gasteiger partial charge in [0.25, 0.3) is 0 Å². The van der Waals surface area contributed by atoms with Crippen LogP contribution in [0.25, 0.3) is 0 Å². The van der Waals surface area contributed by atoms with E-state index in [2.05, 4.69) is 9.72 Å². The fourth-order valence-corrected chi connectivity index (χ4v) is 1.67. The molecule has 4 nitrogen and oxygen atoms in total. The molecule has 0 aliphatic rings. The summed E-state index contributed by atoms with van der Waals surface area (Å²) in [5.74, 6) is -0.362. The van der Waals surface area contributed by atoms with E-state index in [0.29, 0.717) is 5.69 Å². The van der Waals surface area contributed by atoms with E-state index in [1.807, 2.05) is 0 Å². The van der Waals surface area contributed by atoms with Gasteiger partial charge in [0.05, 0.1) is 5.69 Å². The summed E-state index contributed by atoms with van der Waals surface area (Å²) < 4.78 is 46.1. The molecule has 1 aromatic carbocycles. The van der Waals surface area contributed by atoms with Crippen LogP contribution in [0.2, 0.25) is 0 Å². The van der Waals surface area contributed by atoms with Crippen molar-refractivity contribution in [1.29, 1.82) is 0 Å². The van der Waals surface area contributed by atoms with Gasteiger partial charge in [-0.2, -0.15) is 0 Å². The Morgan fingerprint density at radius 1 is 1.10 bits per heavy atom. The number of hydrogen-bond donors (Lipinski definition) is 1. The van der Waals surface area contributed by atoms with Gasteiger partial charge in [-0.3, -0.25) is 4.98 Å². The van der Waals surface area contributed by atoms with E-state index < -0.39 is 6.36 Å². The molecule has 0 unspecified atom stereocenters. The predicted octanol–water partition coefficient (Wildman–Crippen LogP) is 3.02. The number of rotatable bonds is 5. The Hall–Kier alpha value is -2.28. The molecule has 0 saturated carbocycles. The second kappa shape index (κ2) is 6.45. The van der Waals surface area contributed by atoms with Gasteiger partial charge >= 0.3 is 6.36 Å². The lowest BCUT2D eigenvalue weighted by molar-refractivity contribution is -0.275. The summed E-state index contributed by atoms with van der Waals surface area (Å²) in [6.07, 6.45) is -3.19. The van der Waals surface area contributed by atoms with Gasteiger partial charge in [0.2, 0.25) is 0 Å². The molecule has 0 amide bonds. The lowest BCUT2D eigenvalue weighted by Crippen LogP contribution is -2.17. The van der Waals surface area contributed by atoms with Crippen LogP contribution in [0.3, 0.4) is 0 Å². The van der Waals surface area contributed by atoms with Crippen molar-refractivity contribution in [1.82, 2.24) is 4.98 Å². The van der Waals surface area contributed by atoms with Gasteiger partial charge in [-0.25, -0.2) is 0 Å². The minimum absolute atomic E-state index is 0.0148. The molecule has 0 atom stereocenters. The van der Waals surface area contributed by atoms with E-state index in [1.54, 1.807) is 24.4 Å². The highest BCUT2D eigenvalue weighted by Gasteiger charge is 2.32. The third kappa shape index (κ3) is 4.64. The van der Waals surface area contributed by atoms with Crippen LogP contribution in [0, 0.1) is 0 Å². The number of ether oxygens (including phenoxy) is 2. The first-order chi connectivity index (χ1) is 9.98. The number of aromatic nitrogens is 1. The van der Waals surface area contributed by atoms with Crippen LogP contribution < -0.4 is 15.2 Å². The van der Waals surface area contributed by atoms with Crippen LogP contribution in [0.1, 0.15) is 11.3 Å². The predicted molar refractivity (Wildman–Crippen MR) is 69.6 cm³/mol. The Kier molecular flexibility index (Phi) is 4.64. The highest BCUT2D eigenvalue weighted by Crippen LogP contribution is 2.32. The summed E-state index contributed by atoms with van der Waals surface area (Å²) >= 11 is 0. The molecular weight excluding hydrogens is 285 g/mol. The van der Waals surface area contributed by atoms with Crippen LogP contribution in [0.4, 0.5) is 13.2 Å². The van der Waals surface area contributed by atoms with Crippen molar-refractivity contribution in [2.45, 2.75) is 19.5 Å². The van der Waals surface area contributed by atoms with Crippen molar-refractivity contribution in [3.8, 4) is 11.5 Å². The van der Waals surface area contributed by atoms with Gasteiger partial charge in [0, 0.05) is 12.7 Å². The highest BCUT2D eigenvalue weighted by atomic mass is 19.4. The molecule has 0 aliphatic heterocycles. The van der Waals surface area contributed by atoms with Crippen LogP contribution in [0.15, 0.2) is 42.6 Å². The van der Waals surface area contributed by atoms with Gasteiger partial charge < -0.3 is 15.2 Å². The van der Waals surface area contributed by atoms with E-state index >= 15 is 0 Å². The molecule has 0 fully saturated rings. The number of nitrogens with zero attached hydrogens (tertiary/aromatic N) is 1. The molecule has 21 heavy (non-hydrogen) atoms. The first-order valence-corrected chi connectivity index (χ1v) is 6.09. The first-order valence-electron chi connectivity index (χ1n) is 6.09. The van der Waals surface area contributed by atoms with Crippen LogP contribution in [-0.2, 0) is 13.2 Å². The molecule has 0 spiro atoms. The van der Waals surface area contributed by atoms with E-state index in [4.69, 9.17) is 10.5 Å². The first kappa shape index (κ1) is 15.1. The summed E-state index contributed by atoms with van der Waals surface area (Å²) in [7, 11) is 0. The lowest BCUT2D eigenvalue weighted by atomic mass is 10.2. The van der Waals surface area contributed by atoms with Gasteiger partial charge in [-0.05, 0) is 29.8 Å². The lowest BCUT2D eigenvalue weighted by Gasteiger charge is -2.14. The zero-order valence-corrected chi connectivity index (χ0v) is 10.9. The van der Waals surface area contributed by atoms with Gasteiger partial charge in [0.1, 0.15) is 6.61 Å². The quantitative estimate of drug-likeness (QED) is 0.922. The van der Waals surface area contributed by atoms with E-state index in [1.165, 1.54) is 18.2 Å². The molecule has 2 rings (SSSR count). The number of halogens is 3. The number of benzene rings is 1. The summed E-state index contributed by atoms with van der Waals surface area (Å²) in [4.78, 5) is 4.02. The highest BCUT2D eigenvalue weighted by molar-refractivity contribution is 5.39. The minimum Gasteiger partial charge on any atom is -0.485 e. The molecule has 1 heterocycles. The van der Waals surface area contributed by atoms with E-state index in [9.17, 15) is 13.2 Å². The van der Waals surface area contributed by atoms with Crippen molar-refractivity contribution in [3.63, 3.8) is 0 Å². The van der Waals surface area contributed by atoms with Crippen molar-refractivity contribution in [2.24, 2.45) is 5.73 Å². The SMILES string of the molecule is NCc1cc(COc2ccccc2OC(F)(F)F)ccn1. The standard InChI is InChI=1S/C14H13F3N2O2/c15-14(16,17)21-13-4-2-1-3-12(13)20-9-10-5-6-19-11(7-10)8-18/h1-7H,8-9,18H2. The number of pyridine rings is 1. The smallest absolute Gasteiger partial charge is 0.485 e. The molecule has 2 aromatic rings. The molecule has 0 radical (unpaired) electrons. The topological polar surface area (TPSA) is 57.4 Å². The average Bonchev–Trinajstić information content (AvgIpc) is 2.45. The van der Waals surface area contributed by atoms with E-state index in [0.717, 1.165) is 5.56 Å². The minimum atomic E-state index is -4.76. The normalized spacial score (nSPS) is 11.2. The number of alkyl halides is 3. The molecule has 0 bridgehead atoms. The zero-order chi connectivity index (χ0) is 15.3. The number of nitrogens with two attached hydrogens (primary N) is 1. The molecular formula is C14H13F3N2O2. The fraction of sp³-hybridized carbons (Fsp3) is 0.214. The van der Waals surface area contributed by atoms with Gasteiger partial charge in [0.15, 0.2) is 11.5 Å². The maximum Gasteiger partial charge on any atom is 0.573 e. The monoisotopic (exact) mass is 298 g/mol. The van der Waals surface area contributed by atoms with Crippen LogP contribution in [-0.4, -0.2) is 11.3 Å². The van der Waals surface area contributed by atoms with E-state index in [-0.39, 0.29) is 24.7 Å². The molecule has 0 saturated heterocycles. The third-order valence-corrected chi connectivity index (χ3v) is 2.56. The van der Waals surface area contributed by atoms with Gasteiger partial charge in [-0.1, -0.05) is 12.1 Å². The molecule has 112 valence electrons. The van der Waals surface area contributed by atoms with Crippen molar-refractivity contribution < 1.29 is 22.6 Å². The van der Waals surface area contributed by atoms with Crippen molar-refractivity contribution in [3.05, 3.63) is 53.9 Å². The average molecular weight is 298 g/mol. The molecule has 1 aromatic heterocycles. The number of para-hydroxylation sites is 2. The second-order valence-electron chi connectivity index (χ2n) is 4.14. The molecule has 0 aliphatic carbocycles. The Labute approximate surface area is 119 Å². The third-order valence-electron chi connectivity index (χ3n) is 2.56. The largest absolute Gasteiger partial charge is 0.573 e. The summed E-state index contributed by atoms with van der Waals surface area (Å²) in [5, 5.41) is 0. The summed E-state index contributed by atoms with van der Waals surface area (Å²) in [6, 6.07) is 9.04. The van der Waals surface area contributed by atoms with Crippen LogP contribution in [0.5, 0.6) is 11.5 Å². The zero-order valence-electron chi connectivity index (χ0n) is 10.9. The second-order valence-corrected chi connectivity index (χ2v) is 4.14. The molecule has 2 N–H and O–H groups in total. The Morgan fingerprint density at radius 2 is 1.81 bits per heavy atom. The van der Waals surface area contributed by atoms with Crippen molar-refractivity contribution >= 4 is 0 Å². The van der Waals surface area contributed by atoms with Gasteiger partial charge in [-0.15, -0.1) is 13.2 Å². The summed E-state index contributed by atoms with van der Waals surface area (Å²) in [5.41, 5.74) is 6.90. The Balaban J connectivity index is 2.09. The maximum atomic E-state index is 12.3. The summed E-state index contributed by atoms with van der Waals surface area (Å²) in [6.45, 7) is 0.370.